The van der Waals surface area contributed by atoms with Gasteiger partial charge in [0.25, 0.3) is 5.91 Å². The van der Waals surface area contributed by atoms with Gasteiger partial charge in [0.1, 0.15) is 0 Å². The smallest absolute Gasteiger partial charge is 0.257 e. The first kappa shape index (κ1) is 10.5. The SMILES string of the molecule is O=C1CN(C(=O)c2ccncc2F)CCN1. The molecule has 0 aromatic carbocycles. The quantitative estimate of drug-likeness (QED) is 0.716. The van der Waals surface area contributed by atoms with Crippen LogP contribution in [0.2, 0.25) is 0 Å². The van der Waals surface area contributed by atoms with Crippen molar-refractivity contribution in [3.05, 3.63) is 29.8 Å². The Morgan fingerprint density at radius 2 is 2.38 bits per heavy atom. The molecule has 0 radical (unpaired) electrons. The topological polar surface area (TPSA) is 62.3 Å². The molecule has 1 N–H and O–H groups in total. The van der Waals surface area contributed by atoms with E-state index in [2.05, 4.69) is 10.3 Å². The lowest BCUT2D eigenvalue weighted by Crippen LogP contribution is -2.50. The molecule has 1 aromatic rings. The number of carbonyl (C=O) groups is 2. The van der Waals surface area contributed by atoms with Gasteiger partial charge in [0.05, 0.1) is 18.3 Å². The molecule has 0 spiro atoms. The highest BCUT2D eigenvalue weighted by Gasteiger charge is 2.24. The summed E-state index contributed by atoms with van der Waals surface area (Å²) in [4.78, 5) is 27.8. The van der Waals surface area contributed by atoms with Gasteiger partial charge in [-0.3, -0.25) is 14.6 Å². The Bertz CT molecular complexity index is 436. The number of amides is 2. The fourth-order valence-corrected chi connectivity index (χ4v) is 1.53. The van der Waals surface area contributed by atoms with Gasteiger partial charge >= 0.3 is 0 Å². The molecule has 5 nitrogen and oxygen atoms in total. The molecule has 2 heterocycles. The van der Waals surface area contributed by atoms with Crippen LogP contribution in [0.5, 0.6) is 0 Å². The maximum absolute atomic E-state index is 13.3. The third kappa shape index (κ3) is 2.00. The van der Waals surface area contributed by atoms with E-state index in [1.54, 1.807) is 0 Å². The maximum Gasteiger partial charge on any atom is 0.257 e. The summed E-state index contributed by atoms with van der Waals surface area (Å²) in [6.45, 7) is 0.768. The van der Waals surface area contributed by atoms with Gasteiger partial charge in [-0.05, 0) is 6.07 Å². The summed E-state index contributed by atoms with van der Waals surface area (Å²) in [6.07, 6.45) is 2.33. The van der Waals surface area contributed by atoms with E-state index < -0.39 is 11.7 Å². The molecule has 1 fully saturated rings. The Labute approximate surface area is 91.3 Å². The van der Waals surface area contributed by atoms with E-state index in [0.29, 0.717) is 13.1 Å². The van der Waals surface area contributed by atoms with Gasteiger partial charge in [-0.25, -0.2) is 4.39 Å². The number of rotatable bonds is 1. The van der Waals surface area contributed by atoms with Crippen LogP contribution in [0.3, 0.4) is 0 Å². The van der Waals surface area contributed by atoms with Gasteiger partial charge in [0.15, 0.2) is 5.82 Å². The Balaban J connectivity index is 2.19. The van der Waals surface area contributed by atoms with Crippen LogP contribution in [-0.4, -0.2) is 41.3 Å². The number of carbonyl (C=O) groups excluding carboxylic acids is 2. The monoisotopic (exact) mass is 223 g/mol. The Kier molecular flexibility index (Phi) is 2.80. The second-order valence-electron chi connectivity index (χ2n) is 3.43. The predicted octanol–water partition coefficient (Wildman–Crippen LogP) is -0.207. The number of halogens is 1. The van der Waals surface area contributed by atoms with Gasteiger partial charge < -0.3 is 10.2 Å². The van der Waals surface area contributed by atoms with E-state index in [1.807, 2.05) is 0 Å². The molecule has 2 amide bonds. The Hall–Kier alpha value is -1.98. The van der Waals surface area contributed by atoms with Crippen LogP contribution < -0.4 is 5.32 Å². The molecule has 2 rings (SSSR count). The minimum Gasteiger partial charge on any atom is -0.353 e. The van der Waals surface area contributed by atoms with Crippen molar-refractivity contribution in [2.24, 2.45) is 0 Å². The number of aromatic nitrogens is 1. The molecule has 1 saturated heterocycles. The zero-order valence-electron chi connectivity index (χ0n) is 8.44. The maximum atomic E-state index is 13.3. The Morgan fingerprint density at radius 1 is 1.56 bits per heavy atom. The molecule has 0 saturated carbocycles. The molecule has 0 bridgehead atoms. The normalized spacial score (nSPS) is 15.8. The first-order chi connectivity index (χ1) is 7.68. The molecule has 1 aliphatic rings. The third-order valence-electron chi connectivity index (χ3n) is 2.33. The van der Waals surface area contributed by atoms with Gasteiger partial charge in [0.2, 0.25) is 5.91 Å². The van der Waals surface area contributed by atoms with Crippen molar-refractivity contribution < 1.29 is 14.0 Å². The molecule has 84 valence electrons. The summed E-state index contributed by atoms with van der Waals surface area (Å²) in [5.41, 5.74) is -0.0512. The zero-order valence-corrected chi connectivity index (χ0v) is 8.44. The van der Waals surface area contributed by atoms with E-state index in [0.717, 1.165) is 6.20 Å². The fraction of sp³-hybridized carbons (Fsp3) is 0.300. The number of hydrogen-bond acceptors (Lipinski definition) is 3. The van der Waals surface area contributed by atoms with Crippen molar-refractivity contribution in [1.82, 2.24) is 15.2 Å². The minimum atomic E-state index is -0.668. The zero-order chi connectivity index (χ0) is 11.5. The van der Waals surface area contributed by atoms with Crippen molar-refractivity contribution in [3.8, 4) is 0 Å². The number of nitrogens with zero attached hydrogens (tertiary/aromatic N) is 2. The first-order valence-electron chi connectivity index (χ1n) is 4.84. The summed E-state index contributed by atoms with van der Waals surface area (Å²) in [6, 6.07) is 1.31. The van der Waals surface area contributed by atoms with Gasteiger partial charge in [0, 0.05) is 19.3 Å². The highest BCUT2D eigenvalue weighted by molar-refractivity contribution is 5.97. The van der Waals surface area contributed by atoms with E-state index in [4.69, 9.17) is 0 Å². The summed E-state index contributed by atoms with van der Waals surface area (Å²) in [7, 11) is 0. The van der Waals surface area contributed by atoms with Gasteiger partial charge in [-0.1, -0.05) is 0 Å². The number of hydrogen-bond donors (Lipinski definition) is 1. The van der Waals surface area contributed by atoms with Crippen LogP contribution in [0.4, 0.5) is 4.39 Å². The summed E-state index contributed by atoms with van der Waals surface area (Å²) in [5, 5.41) is 2.59. The predicted molar refractivity (Wildman–Crippen MR) is 53.1 cm³/mol. The number of pyridine rings is 1. The summed E-state index contributed by atoms with van der Waals surface area (Å²) in [5.74, 6) is -1.37. The molecule has 1 aromatic heterocycles. The molecule has 0 unspecified atom stereocenters. The van der Waals surface area contributed by atoms with E-state index >= 15 is 0 Å². The lowest BCUT2D eigenvalue weighted by atomic mass is 10.2. The average molecular weight is 223 g/mol. The molecular formula is C10H10FN3O2. The summed E-state index contributed by atoms with van der Waals surface area (Å²) >= 11 is 0. The van der Waals surface area contributed by atoms with Crippen LogP contribution in [0, 0.1) is 5.82 Å². The standard InChI is InChI=1S/C10H10FN3O2/c11-8-5-12-2-1-7(8)10(16)14-4-3-13-9(15)6-14/h1-2,5H,3-4,6H2,(H,13,15). The second kappa shape index (κ2) is 4.26. The van der Waals surface area contributed by atoms with E-state index in [-0.39, 0.29) is 18.0 Å². The van der Waals surface area contributed by atoms with Crippen LogP contribution in [0.1, 0.15) is 10.4 Å². The minimum absolute atomic E-state index is 0.0272. The molecule has 6 heteroatoms. The first-order valence-corrected chi connectivity index (χ1v) is 4.84. The van der Waals surface area contributed by atoms with Crippen LogP contribution in [0.25, 0.3) is 0 Å². The third-order valence-corrected chi connectivity index (χ3v) is 2.33. The molecular weight excluding hydrogens is 213 g/mol. The highest BCUT2D eigenvalue weighted by Crippen LogP contribution is 2.09. The second-order valence-corrected chi connectivity index (χ2v) is 3.43. The van der Waals surface area contributed by atoms with Crippen LogP contribution >= 0.6 is 0 Å². The van der Waals surface area contributed by atoms with Gasteiger partial charge in [-0.2, -0.15) is 0 Å². The van der Waals surface area contributed by atoms with Crippen molar-refractivity contribution in [3.63, 3.8) is 0 Å². The van der Waals surface area contributed by atoms with Crippen molar-refractivity contribution >= 4 is 11.8 Å². The number of piperazine rings is 1. The Morgan fingerprint density at radius 3 is 3.06 bits per heavy atom. The lowest BCUT2D eigenvalue weighted by molar-refractivity contribution is -0.123. The van der Waals surface area contributed by atoms with Gasteiger partial charge in [-0.15, -0.1) is 0 Å². The average Bonchev–Trinajstić information content (AvgIpc) is 2.29. The molecule has 0 atom stereocenters. The lowest BCUT2D eigenvalue weighted by Gasteiger charge is -2.26. The largest absolute Gasteiger partial charge is 0.353 e. The molecule has 0 aliphatic carbocycles. The fourth-order valence-electron chi connectivity index (χ4n) is 1.53. The molecule has 1 aliphatic heterocycles. The van der Waals surface area contributed by atoms with Crippen molar-refractivity contribution in [2.75, 3.05) is 19.6 Å². The summed E-state index contributed by atoms with van der Waals surface area (Å²) < 4.78 is 13.3. The molecule has 16 heavy (non-hydrogen) atoms. The van der Waals surface area contributed by atoms with E-state index in [9.17, 15) is 14.0 Å². The van der Waals surface area contributed by atoms with E-state index in [1.165, 1.54) is 17.2 Å². The van der Waals surface area contributed by atoms with Crippen LogP contribution in [0.15, 0.2) is 18.5 Å². The van der Waals surface area contributed by atoms with Crippen molar-refractivity contribution in [2.45, 2.75) is 0 Å². The highest BCUT2D eigenvalue weighted by atomic mass is 19.1. The number of nitrogens with one attached hydrogen (secondary N) is 1. The van der Waals surface area contributed by atoms with Crippen LogP contribution in [-0.2, 0) is 4.79 Å². The van der Waals surface area contributed by atoms with Crippen molar-refractivity contribution in [1.29, 1.82) is 0 Å².